The van der Waals surface area contributed by atoms with E-state index < -0.39 is 11.7 Å². The Bertz CT molecular complexity index is 642. The minimum atomic E-state index is -4.41. The first-order chi connectivity index (χ1) is 9.77. The second kappa shape index (κ2) is 5.59. The van der Waals surface area contributed by atoms with E-state index in [2.05, 4.69) is 15.5 Å². The van der Waals surface area contributed by atoms with Crippen molar-refractivity contribution in [3.05, 3.63) is 46.8 Å². The van der Waals surface area contributed by atoms with E-state index in [0.29, 0.717) is 22.6 Å². The summed E-state index contributed by atoms with van der Waals surface area (Å²) in [5, 5.41) is 9.31. The summed E-state index contributed by atoms with van der Waals surface area (Å²) in [4.78, 5) is 11.9. The standard InChI is InChI=1S/C14H14F3N3O/c1-8-13(9(2)20-19-8)18-12(21)7-10-4-3-5-11(6-10)14(15,16)17/h3-6H,7H2,1-2H3,(H,18,21)(H,19,20). The van der Waals surface area contributed by atoms with E-state index in [-0.39, 0.29) is 12.3 Å². The van der Waals surface area contributed by atoms with E-state index >= 15 is 0 Å². The first-order valence-corrected chi connectivity index (χ1v) is 6.25. The molecule has 0 aliphatic heterocycles. The van der Waals surface area contributed by atoms with Crippen LogP contribution in [-0.2, 0) is 17.4 Å². The quantitative estimate of drug-likeness (QED) is 0.914. The molecule has 0 fully saturated rings. The topological polar surface area (TPSA) is 57.8 Å². The van der Waals surface area contributed by atoms with E-state index in [0.717, 1.165) is 12.1 Å². The Morgan fingerprint density at radius 1 is 1.33 bits per heavy atom. The number of H-pyrrole nitrogens is 1. The Balaban J connectivity index is 2.10. The molecule has 0 saturated heterocycles. The van der Waals surface area contributed by atoms with Crippen molar-refractivity contribution >= 4 is 11.6 Å². The molecular formula is C14H14F3N3O. The molecule has 2 rings (SSSR count). The van der Waals surface area contributed by atoms with Crippen molar-refractivity contribution < 1.29 is 18.0 Å². The number of amides is 1. The van der Waals surface area contributed by atoms with Crippen LogP contribution in [0.25, 0.3) is 0 Å². The maximum absolute atomic E-state index is 12.6. The van der Waals surface area contributed by atoms with Crippen LogP contribution in [0.15, 0.2) is 24.3 Å². The monoisotopic (exact) mass is 297 g/mol. The summed E-state index contributed by atoms with van der Waals surface area (Å²) in [5.41, 5.74) is 1.44. The molecule has 7 heteroatoms. The Hall–Kier alpha value is -2.31. The smallest absolute Gasteiger partial charge is 0.323 e. The number of nitrogens with zero attached hydrogens (tertiary/aromatic N) is 1. The van der Waals surface area contributed by atoms with Crippen LogP contribution in [0.4, 0.5) is 18.9 Å². The molecule has 1 amide bonds. The first-order valence-electron chi connectivity index (χ1n) is 6.25. The van der Waals surface area contributed by atoms with Crippen molar-refractivity contribution in [1.82, 2.24) is 10.2 Å². The largest absolute Gasteiger partial charge is 0.416 e. The number of nitrogens with one attached hydrogen (secondary N) is 2. The van der Waals surface area contributed by atoms with Crippen molar-refractivity contribution in [1.29, 1.82) is 0 Å². The van der Waals surface area contributed by atoms with Crippen LogP contribution in [0.1, 0.15) is 22.5 Å². The van der Waals surface area contributed by atoms with Gasteiger partial charge in [0.05, 0.1) is 29.1 Å². The molecule has 0 atom stereocenters. The fraction of sp³-hybridized carbons (Fsp3) is 0.286. The van der Waals surface area contributed by atoms with Gasteiger partial charge in [-0.25, -0.2) is 0 Å². The average molecular weight is 297 g/mol. The number of halogens is 3. The third-order valence-electron chi connectivity index (χ3n) is 3.01. The molecule has 0 spiro atoms. The second-order valence-electron chi connectivity index (χ2n) is 4.73. The summed E-state index contributed by atoms with van der Waals surface area (Å²) in [6, 6.07) is 4.74. The van der Waals surface area contributed by atoms with Crippen LogP contribution in [0.3, 0.4) is 0 Å². The third kappa shape index (κ3) is 3.62. The molecule has 1 aromatic heterocycles. The molecule has 0 radical (unpaired) electrons. The van der Waals surface area contributed by atoms with Crippen molar-refractivity contribution in [2.24, 2.45) is 0 Å². The SMILES string of the molecule is Cc1n[nH]c(C)c1NC(=O)Cc1cccc(C(F)(F)F)c1. The fourth-order valence-electron chi connectivity index (χ4n) is 1.96. The summed E-state index contributed by atoms with van der Waals surface area (Å²) < 4.78 is 37.8. The van der Waals surface area contributed by atoms with Crippen LogP contribution in [0.2, 0.25) is 0 Å². The van der Waals surface area contributed by atoms with Gasteiger partial charge in [0.25, 0.3) is 0 Å². The molecule has 4 nitrogen and oxygen atoms in total. The number of hydrogen-bond acceptors (Lipinski definition) is 2. The minimum absolute atomic E-state index is 0.131. The molecule has 0 aliphatic rings. The van der Waals surface area contributed by atoms with Crippen LogP contribution in [0.5, 0.6) is 0 Å². The van der Waals surface area contributed by atoms with Gasteiger partial charge in [-0.3, -0.25) is 9.89 Å². The van der Waals surface area contributed by atoms with Gasteiger partial charge in [0.1, 0.15) is 0 Å². The number of benzene rings is 1. The van der Waals surface area contributed by atoms with Gasteiger partial charge in [-0.2, -0.15) is 18.3 Å². The van der Waals surface area contributed by atoms with Crippen LogP contribution < -0.4 is 5.32 Å². The van der Waals surface area contributed by atoms with Gasteiger partial charge in [0.15, 0.2) is 0 Å². The second-order valence-corrected chi connectivity index (χ2v) is 4.73. The van der Waals surface area contributed by atoms with Gasteiger partial charge in [-0.15, -0.1) is 0 Å². The highest BCUT2D eigenvalue weighted by Gasteiger charge is 2.30. The lowest BCUT2D eigenvalue weighted by Crippen LogP contribution is -2.16. The Morgan fingerprint density at radius 3 is 2.62 bits per heavy atom. The summed E-state index contributed by atoms with van der Waals surface area (Å²) in [5.74, 6) is -0.387. The van der Waals surface area contributed by atoms with Crippen molar-refractivity contribution in [2.45, 2.75) is 26.4 Å². The number of carbonyl (C=O) groups excluding carboxylic acids is 1. The Kier molecular flexibility index (Phi) is 4.02. The Labute approximate surface area is 119 Å². The lowest BCUT2D eigenvalue weighted by atomic mass is 10.1. The number of rotatable bonds is 3. The molecule has 2 N–H and O–H groups in total. The summed E-state index contributed by atoms with van der Waals surface area (Å²) in [6.45, 7) is 3.48. The molecule has 2 aromatic rings. The highest BCUT2D eigenvalue weighted by molar-refractivity contribution is 5.93. The van der Waals surface area contributed by atoms with Gasteiger partial charge in [-0.05, 0) is 25.5 Å². The molecule has 0 unspecified atom stereocenters. The highest BCUT2D eigenvalue weighted by atomic mass is 19.4. The maximum atomic E-state index is 12.6. The normalized spacial score (nSPS) is 11.5. The number of aryl methyl sites for hydroxylation is 2. The predicted molar refractivity (Wildman–Crippen MR) is 71.8 cm³/mol. The molecule has 1 aromatic carbocycles. The zero-order valence-electron chi connectivity index (χ0n) is 11.5. The number of carbonyl (C=O) groups is 1. The number of aromatic amines is 1. The molecule has 112 valence electrons. The maximum Gasteiger partial charge on any atom is 0.416 e. The third-order valence-corrected chi connectivity index (χ3v) is 3.01. The molecule has 0 aliphatic carbocycles. The molecular weight excluding hydrogens is 283 g/mol. The van der Waals surface area contributed by atoms with Gasteiger partial charge < -0.3 is 5.32 Å². The van der Waals surface area contributed by atoms with E-state index in [1.54, 1.807) is 13.8 Å². The van der Waals surface area contributed by atoms with Gasteiger partial charge in [0.2, 0.25) is 5.91 Å². The zero-order chi connectivity index (χ0) is 15.6. The number of anilines is 1. The summed E-state index contributed by atoms with van der Waals surface area (Å²) >= 11 is 0. The van der Waals surface area contributed by atoms with Gasteiger partial charge >= 0.3 is 6.18 Å². The summed E-state index contributed by atoms with van der Waals surface area (Å²) in [7, 11) is 0. The highest BCUT2D eigenvalue weighted by Crippen LogP contribution is 2.29. The van der Waals surface area contributed by atoms with E-state index in [4.69, 9.17) is 0 Å². The van der Waals surface area contributed by atoms with Crippen LogP contribution in [-0.4, -0.2) is 16.1 Å². The number of aromatic nitrogens is 2. The minimum Gasteiger partial charge on any atom is -0.323 e. The van der Waals surface area contributed by atoms with E-state index in [1.807, 2.05) is 0 Å². The first kappa shape index (κ1) is 15.1. The van der Waals surface area contributed by atoms with Gasteiger partial charge in [0, 0.05) is 0 Å². The number of hydrogen-bond donors (Lipinski definition) is 2. The van der Waals surface area contributed by atoms with Crippen molar-refractivity contribution in [3.63, 3.8) is 0 Å². The molecule has 0 bridgehead atoms. The van der Waals surface area contributed by atoms with E-state index in [9.17, 15) is 18.0 Å². The average Bonchev–Trinajstić information content (AvgIpc) is 2.70. The summed E-state index contributed by atoms with van der Waals surface area (Å²) in [6.07, 6.45) is -4.54. The van der Waals surface area contributed by atoms with Crippen molar-refractivity contribution in [3.8, 4) is 0 Å². The molecule has 0 saturated carbocycles. The number of alkyl halides is 3. The van der Waals surface area contributed by atoms with Crippen LogP contribution in [0, 0.1) is 13.8 Å². The van der Waals surface area contributed by atoms with Gasteiger partial charge in [-0.1, -0.05) is 18.2 Å². The van der Waals surface area contributed by atoms with Crippen LogP contribution >= 0.6 is 0 Å². The fourth-order valence-corrected chi connectivity index (χ4v) is 1.96. The molecule has 1 heterocycles. The van der Waals surface area contributed by atoms with E-state index in [1.165, 1.54) is 12.1 Å². The molecule has 21 heavy (non-hydrogen) atoms. The lowest BCUT2D eigenvalue weighted by Gasteiger charge is -2.09. The predicted octanol–water partition coefficient (Wildman–Crippen LogP) is 3.23. The Morgan fingerprint density at radius 2 is 2.05 bits per heavy atom. The zero-order valence-corrected chi connectivity index (χ0v) is 11.5. The lowest BCUT2D eigenvalue weighted by molar-refractivity contribution is -0.137. The van der Waals surface area contributed by atoms with Crippen molar-refractivity contribution in [2.75, 3.05) is 5.32 Å².